The summed E-state index contributed by atoms with van der Waals surface area (Å²) >= 11 is 1.84. The highest BCUT2D eigenvalue weighted by molar-refractivity contribution is 7.12. The third-order valence-electron chi connectivity index (χ3n) is 1.96. The van der Waals surface area contributed by atoms with E-state index in [1.54, 1.807) is 6.20 Å². The van der Waals surface area contributed by atoms with Gasteiger partial charge in [0.15, 0.2) is 0 Å². The van der Waals surface area contributed by atoms with Crippen LogP contribution in [0.2, 0.25) is 0 Å². The third-order valence-corrected chi connectivity index (χ3v) is 3.05. The van der Waals surface area contributed by atoms with Crippen LogP contribution in [0.15, 0.2) is 43.5 Å². The van der Waals surface area contributed by atoms with Crippen molar-refractivity contribution < 1.29 is 0 Å². The molecule has 0 N–H and O–H groups in total. The lowest BCUT2D eigenvalue weighted by molar-refractivity contribution is 0.810. The van der Waals surface area contributed by atoms with Gasteiger partial charge >= 0.3 is 0 Å². The van der Waals surface area contributed by atoms with Crippen LogP contribution in [0, 0.1) is 0 Å². The fourth-order valence-electron chi connectivity index (χ4n) is 1.32. The lowest BCUT2D eigenvalue weighted by Crippen LogP contribution is -1.92. The molecule has 2 nitrogen and oxygen atoms in total. The van der Waals surface area contributed by atoms with Crippen LogP contribution in [0.1, 0.15) is 9.75 Å². The van der Waals surface area contributed by atoms with Crippen molar-refractivity contribution in [1.29, 1.82) is 0 Å². The molecule has 0 saturated carbocycles. The highest BCUT2D eigenvalue weighted by atomic mass is 32.1. The van der Waals surface area contributed by atoms with E-state index in [4.69, 9.17) is 0 Å². The van der Waals surface area contributed by atoms with Gasteiger partial charge in [-0.25, -0.2) is 4.98 Å². The molecule has 0 aliphatic rings. The Kier molecular flexibility index (Phi) is 2.79. The van der Waals surface area contributed by atoms with Crippen LogP contribution < -0.4 is 0 Å². The molecule has 0 unspecified atom stereocenters. The molecule has 72 valence electrons. The summed E-state index contributed by atoms with van der Waals surface area (Å²) < 4.78 is 2.07. The van der Waals surface area contributed by atoms with E-state index in [9.17, 15) is 0 Å². The maximum absolute atomic E-state index is 4.01. The normalized spacial score (nSPS) is 10.3. The molecule has 0 radical (unpaired) electrons. The van der Waals surface area contributed by atoms with Crippen molar-refractivity contribution in [2.75, 3.05) is 0 Å². The summed E-state index contributed by atoms with van der Waals surface area (Å²) in [4.78, 5) is 6.74. The first kappa shape index (κ1) is 9.21. The molecule has 0 spiro atoms. The summed E-state index contributed by atoms with van der Waals surface area (Å²) in [7, 11) is 0. The van der Waals surface area contributed by atoms with Gasteiger partial charge in [-0.05, 0) is 18.6 Å². The Labute approximate surface area is 87.5 Å². The minimum Gasteiger partial charge on any atom is -0.332 e. The molecule has 2 heterocycles. The minimum atomic E-state index is 0.918. The van der Waals surface area contributed by atoms with E-state index in [0.29, 0.717) is 0 Å². The number of allylic oxidation sites excluding steroid dienone is 1. The van der Waals surface area contributed by atoms with E-state index in [1.807, 2.05) is 29.9 Å². The zero-order valence-electron chi connectivity index (χ0n) is 7.89. The zero-order valence-corrected chi connectivity index (χ0v) is 8.70. The number of imidazole rings is 1. The quantitative estimate of drug-likeness (QED) is 0.700. The first-order chi connectivity index (χ1) is 6.88. The number of nitrogens with zero attached hydrogens (tertiary/aromatic N) is 2. The molecule has 0 aliphatic heterocycles. The molecule has 0 fully saturated rings. The Morgan fingerprint density at radius 3 is 3.00 bits per heavy atom. The molecule has 2 aromatic heterocycles. The third kappa shape index (κ3) is 2.12. The first-order valence-corrected chi connectivity index (χ1v) is 5.34. The zero-order chi connectivity index (χ0) is 9.80. The van der Waals surface area contributed by atoms with E-state index in [2.05, 4.69) is 28.3 Å². The minimum absolute atomic E-state index is 0.918. The van der Waals surface area contributed by atoms with Crippen LogP contribution in [0.5, 0.6) is 0 Å². The van der Waals surface area contributed by atoms with E-state index < -0.39 is 0 Å². The summed E-state index contributed by atoms with van der Waals surface area (Å²) in [6.07, 6.45) is 8.53. The van der Waals surface area contributed by atoms with Crippen molar-refractivity contribution in [1.82, 2.24) is 9.55 Å². The largest absolute Gasteiger partial charge is 0.332 e. The lowest BCUT2D eigenvalue weighted by Gasteiger charge is -1.96. The Balaban J connectivity index is 2.06. The maximum atomic E-state index is 4.01. The fourth-order valence-corrected chi connectivity index (χ4v) is 2.34. The Morgan fingerprint density at radius 2 is 2.29 bits per heavy atom. The molecular weight excluding hydrogens is 192 g/mol. The first-order valence-electron chi connectivity index (χ1n) is 4.52. The Morgan fingerprint density at radius 1 is 1.43 bits per heavy atom. The van der Waals surface area contributed by atoms with Crippen molar-refractivity contribution >= 4 is 11.3 Å². The molecule has 0 bridgehead atoms. The number of hydrogen-bond donors (Lipinski definition) is 0. The summed E-state index contributed by atoms with van der Waals surface area (Å²) in [5, 5.41) is 0. The SMILES string of the molecule is C=CCc1ccc(Cn2ccnc2)s1. The van der Waals surface area contributed by atoms with Gasteiger partial charge in [-0.15, -0.1) is 17.9 Å². The molecule has 0 aliphatic carbocycles. The van der Waals surface area contributed by atoms with Gasteiger partial charge in [0.2, 0.25) is 0 Å². The van der Waals surface area contributed by atoms with Crippen LogP contribution in [-0.4, -0.2) is 9.55 Å². The van der Waals surface area contributed by atoms with Crippen molar-refractivity contribution in [3.8, 4) is 0 Å². The monoisotopic (exact) mass is 204 g/mol. The molecule has 2 rings (SSSR count). The molecule has 0 atom stereocenters. The number of thiophene rings is 1. The second kappa shape index (κ2) is 4.24. The van der Waals surface area contributed by atoms with Gasteiger partial charge in [0.1, 0.15) is 0 Å². The van der Waals surface area contributed by atoms with Gasteiger partial charge < -0.3 is 4.57 Å². The van der Waals surface area contributed by atoms with Crippen LogP contribution in [0.4, 0.5) is 0 Å². The predicted molar refractivity (Wildman–Crippen MR) is 59.5 cm³/mol. The van der Waals surface area contributed by atoms with Gasteiger partial charge in [-0.3, -0.25) is 0 Å². The average molecular weight is 204 g/mol. The second-order valence-corrected chi connectivity index (χ2v) is 4.35. The smallest absolute Gasteiger partial charge is 0.0949 e. The van der Waals surface area contributed by atoms with E-state index in [1.165, 1.54) is 9.75 Å². The van der Waals surface area contributed by atoms with Crippen LogP contribution >= 0.6 is 11.3 Å². The molecule has 2 aromatic rings. The Bertz CT molecular complexity index is 401. The molecule has 14 heavy (non-hydrogen) atoms. The summed E-state index contributed by atoms with van der Waals surface area (Å²) in [6.45, 7) is 4.65. The van der Waals surface area contributed by atoms with Crippen molar-refractivity contribution in [2.45, 2.75) is 13.0 Å². The summed E-state index contributed by atoms with van der Waals surface area (Å²) in [6, 6.07) is 4.34. The van der Waals surface area contributed by atoms with Gasteiger partial charge in [0.25, 0.3) is 0 Å². The molecule has 3 heteroatoms. The van der Waals surface area contributed by atoms with E-state index in [-0.39, 0.29) is 0 Å². The van der Waals surface area contributed by atoms with Crippen molar-refractivity contribution in [3.63, 3.8) is 0 Å². The predicted octanol–water partition coefficient (Wildman–Crippen LogP) is 2.72. The molecule has 0 saturated heterocycles. The topological polar surface area (TPSA) is 17.8 Å². The standard InChI is InChI=1S/C11H12N2S/c1-2-3-10-4-5-11(14-10)8-13-7-6-12-9-13/h2,4-7,9H,1,3,8H2. The maximum Gasteiger partial charge on any atom is 0.0949 e. The highest BCUT2D eigenvalue weighted by Crippen LogP contribution is 2.18. The second-order valence-electron chi connectivity index (χ2n) is 3.10. The molecular formula is C11H12N2S. The summed E-state index contributed by atoms with van der Waals surface area (Å²) in [5.74, 6) is 0. The van der Waals surface area contributed by atoms with Gasteiger partial charge in [-0.2, -0.15) is 0 Å². The number of hydrogen-bond acceptors (Lipinski definition) is 2. The van der Waals surface area contributed by atoms with Crippen LogP contribution in [0.3, 0.4) is 0 Å². The summed E-state index contributed by atoms with van der Waals surface area (Å²) in [5.41, 5.74) is 0. The fraction of sp³-hybridized carbons (Fsp3) is 0.182. The van der Waals surface area contributed by atoms with Gasteiger partial charge in [0.05, 0.1) is 12.9 Å². The van der Waals surface area contributed by atoms with Crippen molar-refractivity contribution in [2.24, 2.45) is 0 Å². The van der Waals surface area contributed by atoms with Gasteiger partial charge in [-0.1, -0.05) is 6.08 Å². The molecule has 0 amide bonds. The number of rotatable bonds is 4. The Hall–Kier alpha value is -1.35. The van der Waals surface area contributed by atoms with Crippen molar-refractivity contribution in [3.05, 3.63) is 53.3 Å². The van der Waals surface area contributed by atoms with Gasteiger partial charge in [0, 0.05) is 22.1 Å². The molecule has 0 aromatic carbocycles. The van der Waals surface area contributed by atoms with Crippen LogP contribution in [-0.2, 0) is 13.0 Å². The van der Waals surface area contributed by atoms with E-state index in [0.717, 1.165) is 13.0 Å². The van der Waals surface area contributed by atoms with Crippen LogP contribution in [0.25, 0.3) is 0 Å². The number of aromatic nitrogens is 2. The van der Waals surface area contributed by atoms with E-state index >= 15 is 0 Å². The average Bonchev–Trinajstić information content (AvgIpc) is 2.79. The lowest BCUT2D eigenvalue weighted by atomic mass is 10.3. The highest BCUT2D eigenvalue weighted by Gasteiger charge is 1.99.